The number of nitrogens with two attached hydrogens (primary N) is 1. The Kier molecular flexibility index (Phi) is 5.59. The lowest BCUT2D eigenvalue weighted by Crippen LogP contribution is -2.33. The van der Waals surface area contributed by atoms with Crippen molar-refractivity contribution in [2.75, 3.05) is 36.6 Å². The maximum atomic E-state index is 14.0. The van der Waals surface area contributed by atoms with Gasteiger partial charge in [-0.25, -0.2) is 14.4 Å². The Morgan fingerprint density at radius 3 is 2.71 bits per heavy atom. The summed E-state index contributed by atoms with van der Waals surface area (Å²) in [6.07, 6.45) is 2.13. The summed E-state index contributed by atoms with van der Waals surface area (Å²) in [4.78, 5) is 23.7. The standard InChI is InChI=1S/C24H25FN8O2/c1-13-9-28-23(34)18-12-30-33-20(26)19(14-4-6-17(7-5-14)32(2)3)21(31-22(18)33)27-10-15-8-16(25)11-29-24(15)35-13/h4-8,11-13H,9-10,26H2,1-3H3,(H,27,31)(H,28,34)/t13-/m0/s1. The summed E-state index contributed by atoms with van der Waals surface area (Å²) >= 11 is 0. The molecule has 1 atom stereocenters. The number of carbonyl (C=O) groups excluding carboxylic acids is 1. The Bertz CT molecular complexity index is 1420. The third kappa shape index (κ3) is 4.16. The maximum Gasteiger partial charge on any atom is 0.256 e. The highest BCUT2D eigenvalue weighted by Crippen LogP contribution is 2.35. The van der Waals surface area contributed by atoms with Crippen LogP contribution in [0.3, 0.4) is 0 Å². The predicted octanol–water partition coefficient (Wildman–Crippen LogP) is 2.70. The molecule has 0 aliphatic carbocycles. The molecule has 4 aromatic rings. The molecule has 35 heavy (non-hydrogen) atoms. The third-order valence-electron chi connectivity index (χ3n) is 5.80. The monoisotopic (exact) mass is 476 g/mol. The Hall–Kier alpha value is -4.41. The molecule has 0 saturated heterocycles. The van der Waals surface area contributed by atoms with E-state index in [4.69, 9.17) is 15.5 Å². The molecular weight excluding hydrogens is 451 g/mol. The van der Waals surface area contributed by atoms with Gasteiger partial charge in [-0.1, -0.05) is 12.1 Å². The van der Waals surface area contributed by atoms with Crippen LogP contribution in [0.5, 0.6) is 5.88 Å². The zero-order valence-corrected chi connectivity index (χ0v) is 19.5. The van der Waals surface area contributed by atoms with Gasteiger partial charge in [0.25, 0.3) is 5.91 Å². The van der Waals surface area contributed by atoms with Crippen LogP contribution < -0.4 is 26.0 Å². The number of nitrogen functional groups attached to an aromatic ring is 1. The molecule has 5 rings (SSSR count). The fourth-order valence-corrected chi connectivity index (χ4v) is 3.96. The molecule has 0 spiro atoms. The second-order valence-electron chi connectivity index (χ2n) is 8.57. The van der Waals surface area contributed by atoms with Gasteiger partial charge in [-0.2, -0.15) is 9.61 Å². The van der Waals surface area contributed by atoms with E-state index in [-0.39, 0.29) is 30.4 Å². The largest absolute Gasteiger partial charge is 0.473 e. The van der Waals surface area contributed by atoms with Gasteiger partial charge in [-0.05, 0) is 30.7 Å². The zero-order chi connectivity index (χ0) is 24.7. The Morgan fingerprint density at radius 2 is 1.97 bits per heavy atom. The minimum Gasteiger partial charge on any atom is -0.473 e. The van der Waals surface area contributed by atoms with Gasteiger partial charge in [0.05, 0.1) is 24.5 Å². The van der Waals surface area contributed by atoms with Crippen LogP contribution >= 0.6 is 0 Å². The molecule has 0 unspecified atom stereocenters. The SMILES string of the molecule is C[C@H]1CNC(=O)c2cnn3c(N)c(-c4ccc(N(C)C)cc4)c(nc23)NCc2cc(F)cnc2O1. The summed E-state index contributed by atoms with van der Waals surface area (Å²) in [5.41, 5.74) is 10.1. The van der Waals surface area contributed by atoms with Crippen LogP contribution in [-0.2, 0) is 6.54 Å². The first-order valence-corrected chi connectivity index (χ1v) is 11.1. The van der Waals surface area contributed by atoms with E-state index in [9.17, 15) is 9.18 Å². The number of halogens is 1. The number of hydrogen-bond acceptors (Lipinski definition) is 8. The van der Waals surface area contributed by atoms with Crippen molar-refractivity contribution in [1.82, 2.24) is 24.9 Å². The van der Waals surface area contributed by atoms with Crippen molar-refractivity contribution in [2.24, 2.45) is 0 Å². The fourth-order valence-electron chi connectivity index (χ4n) is 3.96. The van der Waals surface area contributed by atoms with Crippen molar-refractivity contribution in [3.05, 3.63) is 59.7 Å². The first kappa shape index (κ1) is 22.4. The molecule has 4 N–H and O–H groups in total. The highest BCUT2D eigenvalue weighted by molar-refractivity contribution is 6.01. The van der Waals surface area contributed by atoms with Gasteiger partial charge >= 0.3 is 0 Å². The number of fused-ring (bicyclic) bond motifs is 2. The summed E-state index contributed by atoms with van der Waals surface area (Å²) in [5, 5.41) is 10.4. The number of amides is 1. The number of rotatable bonds is 2. The van der Waals surface area contributed by atoms with Crippen LogP contribution in [-0.4, -0.2) is 52.2 Å². The molecule has 0 saturated carbocycles. The van der Waals surface area contributed by atoms with Gasteiger partial charge in [0.2, 0.25) is 5.88 Å². The Morgan fingerprint density at radius 1 is 1.20 bits per heavy atom. The number of carbonyl (C=O) groups is 1. The van der Waals surface area contributed by atoms with E-state index in [0.29, 0.717) is 28.4 Å². The minimum absolute atomic E-state index is 0.170. The fraction of sp³-hybridized carbons (Fsp3) is 0.250. The molecule has 0 radical (unpaired) electrons. The molecule has 1 aromatic carbocycles. The summed E-state index contributed by atoms with van der Waals surface area (Å²) in [5.74, 6) is 0.160. The first-order chi connectivity index (χ1) is 16.8. The number of hydrogen-bond donors (Lipinski definition) is 3. The summed E-state index contributed by atoms with van der Waals surface area (Å²) in [6.45, 7) is 2.17. The quantitative estimate of drug-likeness (QED) is 0.404. The number of benzene rings is 1. The summed E-state index contributed by atoms with van der Waals surface area (Å²) in [7, 11) is 3.92. The molecule has 11 heteroatoms. The van der Waals surface area contributed by atoms with Gasteiger partial charge in [-0.3, -0.25) is 4.79 Å². The first-order valence-electron chi connectivity index (χ1n) is 11.1. The van der Waals surface area contributed by atoms with Crippen LogP contribution in [0.4, 0.5) is 21.7 Å². The average Bonchev–Trinajstić information content (AvgIpc) is 3.27. The van der Waals surface area contributed by atoms with Crippen molar-refractivity contribution in [2.45, 2.75) is 19.6 Å². The Labute approximate surface area is 200 Å². The molecule has 180 valence electrons. The van der Waals surface area contributed by atoms with E-state index in [1.807, 2.05) is 43.3 Å². The number of pyridine rings is 1. The van der Waals surface area contributed by atoms with Gasteiger partial charge in [0.15, 0.2) is 5.65 Å². The highest BCUT2D eigenvalue weighted by Gasteiger charge is 2.23. The van der Waals surface area contributed by atoms with E-state index in [1.165, 1.54) is 16.8 Å². The maximum absolute atomic E-state index is 14.0. The van der Waals surface area contributed by atoms with Crippen LogP contribution in [0.15, 0.2) is 42.7 Å². The molecule has 1 aliphatic heterocycles. The lowest BCUT2D eigenvalue weighted by Gasteiger charge is -2.18. The van der Waals surface area contributed by atoms with Crippen molar-refractivity contribution >= 4 is 28.9 Å². The normalized spacial score (nSPS) is 15.8. The summed E-state index contributed by atoms with van der Waals surface area (Å²) < 4.78 is 21.4. The van der Waals surface area contributed by atoms with Crippen molar-refractivity contribution in [3.8, 4) is 17.0 Å². The number of ether oxygens (including phenoxy) is 1. The lowest BCUT2D eigenvalue weighted by molar-refractivity contribution is 0.0932. The average molecular weight is 477 g/mol. The van der Waals surface area contributed by atoms with Crippen LogP contribution in [0.1, 0.15) is 22.8 Å². The second kappa shape index (κ2) is 8.75. The second-order valence-corrected chi connectivity index (χ2v) is 8.57. The van der Waals surface area contributed by atoms with E-state index in [0.717, 1.165) is 17.4 Å². The van der Waals surface area contributed by atoms with Crippen molar-refractivity contribution in [3.63, 3.8) is 0 Å². The van der Waals surface area contributed by atoms with Crippen molar-refractivity contribution < 1.29 is 13.9 Å². The number of nitrogens with zero attached hydrogens (tertiary/aromatic N) is 5. The smallest absolute Gasteiger partial charge is 0.256 e. The van der Waals surface area contributed by atoms with Gasteiger partial charge in [-0.15, -0.1) is 0 Å². The molecular formula is C24H25FN8O2. The molecule has 1 aliphatic rings. The van der Waals surface area contributed by atoms with E-state index in [2.05, 4.69) is 20.7 Å². The zero-order valence-electron chi connectivity index (χ0n) is 19.5. The Balaban J connectivity index is 1.68. The van der Waals surface area contributed by atoms with Gasteiger partial charge in [0, 0.05) is 31.9 Å². The highest BCUT2D eigenvalue weighted by atomic mass is 19.1. The minimum atomic E-state index is -0.486. The molecule has 2 bridgehead atoms. The molecule has 4 heterocycles. The molecule has 1 amide bonds. The third-order valence-corrected chi connectivity index (χ3v) is 5.80. The van der Waals surface area contributed by atoms with Crippen LogP contribution in [0.25, 0.3) is 16.8 Å². The molecule has 10 nitrogen and oxygen atoms in total. The molecule has 0 fully saturated rings. The predicted molar refractivity (Wildman–Crippen MR) is 131 cm³/mol. The number of aromatic nitrogens is 4. The van der Waals surface area contributed by atoms with Crippen LogP contribution in [0, 0.1) is 5.82 Å². The lowest BCUT2D eigenvalue weighted by atomic mass is 10.1. The summed E-state index contributed by atoms with van der Waals surface area (Å²) in [6, 6.07) is 9.17. The topological polar surface area (TPSA) is 123 Å². The van der Waals surface area contributed by atoms with Gasteiger partial charge < -0.3 is 26.0 Å². The van der Waals surface area contributed by atoms with Crippen molar-refractivity contribution in [1.29, 1.82) is 0 Å². The molecule has 3 aromatic heterocycles. The van der Waals surface area contributed by atoms with E-state index < -0.39 is 11.9 Å². The van der Waals surface area contributed by atoms with Crippen LogP contribution in [0.2, 0.25) is 0 Å². The number of anilines is 3. The van der Waals surface area contributed by atoms with Gasteiger partial charge in [0.1, 0.15) is 29.1 Å². The van der Waals surface area contributed by atoms with E-state index >= 15 is 0 Å². The van der Waals surface area contributed by atoms with E-state index in [1.54, 1.807) is 6.92 Å². The number of nitrogens with one attached hydrogen (secondary N) is 2.